The second kappa shape index (κ2) is 10.3. The Hall–Kier alpha value is -3.39. The zero-order valence-electron chi connectivity index (χ0n) is 20.1. The van der Waals surface area contributed by atoms with Crippen molar-refractivity contribution in [1.29, 1.82) is 5.26 Å². The highest BCUT2D eigenvalue weighted by atomic mass is 32.2. The number of ether oxygens (including phenoxy) is 1. The molecule has 1 aliphatic carbocycles. The zero-order chi connectivity index (χ0) is 25.2. The number of carbonyl (C=O) groups is 1. The van der Waals surface area contributed by atoms with Gasteiger partial charge in [0.05, 0.1) is 23.5 Å². The monoisotopic (exact) mass is 505 g/mol. The number of benzene rings is 2. The molecule has 1 amide bonds. The fourth-order valence-electron chi connectivity index (χ4n) is 4.50. The number of β-amino-alcohol motifs (C(OH)–C–C–N with tert-alkyl or cyclic N) is 1. The third-order valence-corrected chi connectivity index (χ3v) is 7.13. The van der Waals surface area contributed by atoms with Crippen LogP contribution in [0, 0.1) is 11.3 Å². The van der Waals surface area contributed by atoms with E-state index in [1.807, 2.05) is 32.0 Å². The van der Waals surface area contributed by atoms with E-state index in [0.29, 0.717) is 47.4 Å². The number of fused-ring (bicyclic) bond motifs is 1. The van der Waals surface area contributed by atoms with E-state index in [1.54, 1.807) is 17.0 Å². The first-order chi connectivity index (χ1) is 17.4. The smallest absolute Gasteiger partial charge is 0.258 e. The first kappa shape index (κ1) is 24.3. The summed E-state index contributed by atoms with van der Waals surface area (Å²) in [6, 6.07) is 13.6. The minimum atomic E-state index is -0.385. The quantitative estimate of drug-likeness (QED) is 0.443. The number of carbonyl (C=O) groups excluding carboxylic acids is 1. The van der Waals surface area contributed by atoms with Gasteiger partial charge < -0.3 is 19.3 Å². The van der Waals surface area contributed by atoms with Crippen LogP contribution in [-0.2, 0) is 11.2 Å². The van der Waals surface area contributed by atoms with Crippen molar-refractivity contribution in [3.05, 3.63) is 53.1 Å². The van der Waals surface area contributed by atoms with Gasteiger partial charge in [0.25, 0.3) is 5.89 Å². The van der Waals surface area contributed by atoms with Crippen LogP contribution in [0.4, 0.5) is 0 Å². The summed E-state index contributed by atoms with van der Waals surface area (Å²) in [6.45, 7) is 4.68. The van der Waals surface area contributed by atoms with Gasteiger partial charge in [0.1, 0.15) is 11.8 Å². The van der Waals surface area contributed by atoms with Gasteiger partial charge in [-0.2, -0.15) is 10.2 Å². The topological polar surface area (TPSA) is 125 Å². The molecule has 0 spiro atoms. The van der Waals surface area contributed by atoms with Crippen LogP contribution in [0.25, 0.3) is 22.8 Å². The molecular weight excluding hydrogens is 478 g/mol. The van der Waals surface area contributed by atoms with Crippen LogP contribution in [-0.4, -0.2) is 57.1 Å². The van der Waals surface area contributed by atoms with Crippen LogP contribution < -0.4 is 9.46 Å². The lowest BCUT2D eigenvalue weighted by Crippen LogP contribution is -2.54. The minimum Gasteiger partial charge on any atom is -0.490 e. The highest BCUT2D eigenvalue weighted by Gasteiger charge is 2.30. The molecular formula is C26H27N5O4S. The van der Waals surface area contributed by atoms with Gasteiger partial charge >= 0.3 is 0 Å². The van der Waals surface area contributed by atoms with Crippen LogP contribution >= 0.6 is 11.9 Å². The Morgan fingerprint density at radius 2 is 2.19 bits per heavy atom. The van der Waals surface area contributed by atoms with Crippen LogP contribution in [0.2, 0.25) is 0 Å². The molecule has 1 aliphatic heterocycles. The summed E-state index contributed by atoms with van der Waals surface area (Å²) in [6.07, 6.45) is 1.35. The molecule has 1 atom stereocenters. The molecule has 2 heterocycles. The molecule has 5 rings (SSSR count). The zero-order valence-corrected chi connectivity index (χ0v) is 20.9. The van der Waals surface area contributed by atoms with Crippen LogP contribution in [0.5, 0.6) is 5.75 Å². The number of rotatable bonds is 8. The largest absolute Gasteiger partial charge is 0.490 e. The van der Waals surface area contributed by atoms with Crippen molar-refractivity contribution in [3.63, 3.8) is 0 Å². The first-order valence-electron chi connectivity index (χ1n) is 11.9. The molecule has 2 aliphatic rings. The van der Waals surface area contributed by atoms with E-state index < -0.39 is 0 Å². The predicted octanol–water partition coefficient (Wildman–Crippen LogP) is 3.49. The second-order valence-corrected chi connectivity index (χ2v) is 10.0. The van der Waals surface area contributed by atoms with E-state index >= 15 is 0 Å². The highest BCUT2D eigenvalue weighted by molar-refractivity contribution is 7.98. The number of aliphatic hydroxyl groups is 1. The SMILES string of the molecule is CC(C)Oc1ccc(-c2nc(-c3cccc4c3CCC4NSCC(=O)N3CC(O)C3)no2)cc1C#N. The fraction of sp³-hybridized carbons (Fsp3) is 0.385. The van der Waals surface area contributed by atoms with Gasteiger partial charge in [0.2, 0.25) is 11.7 Å². The van der Waals surface area contributed by atoms with Gasteiger partial charge in [-0.25, -0.2) is 0 Å². The summed E-state index contributed by atoms with van der Waals surface area (Å²) in [5, 5.41) is 23.1. The number of aromatic nitrogens is 2. The Morgan fingerprint density at radius 1 is 1.36 bits per heavy atom. The lowest BCUT2D eigenvalue weighted by Gasteiger charge is -2.35. The second-order valence-electron chi connectivity index (χ2n) is 9.24. The van der Waals surface area contributed by atoms with Crippen LogP contribution in [0.3, 0.4) is 0 Å². The Kier molecular flexibility index (Phi) is 6.96. The molecule has 2 N–H and O–H groups in total. The lowest BCUT2D eigenvalue weighted by molar-refractivity contribution is -0.138. The van der Waals surface area contributed by atoms with Crippen LogP contribution in [0.1, 0.15) is 43.0 Å². The number of amides is 1. The maximum absolute atomic E-state index is 12.2. The number of hydrogen-bond acceptors (Lipinski definition) is 9. The van der Waals surface area contributed by atoms with Gasteiger partial charge in [-0.05, 0) is 56.0 Å². The molecule has 3 aromatic rings. The van der Waals surface area contributed by atoms with Gasteiger partial charge in [0.15, 0.2) is 0 Å². The summed E-state index contributed by atoms with van der Waals surface area (Å²) < 4.78 is 14.7. The van der Waals surface area contributed by atoms with Crippen LogP contribution in [0.15, 0.2) is 40.9 Å². The summed E-state index contributed by atoms with van der Waals surface area (Å²) in [4.78, 5) is 18.4. The van der Waals surface area contributed by atoms with E-state index in [9.17, 15) is 15.2 Å². The van der Waals surface area contributed by atoms with E-state index in [0.717, 1.165) is 18.4 Å². The van der Waals surface area contributed by atoms with Gasteiger partial charge in [-0.3, -0.25) is 9.52 Å². The van der Waals surface area contributed by atoms with Gasteiger partial charge in [0, 0.05) is 30.3 Å². The van der Waals surface area contributed by atoms with Crippen molar-refractivity contribution >= 4 is 17.9 Å². The molecule has 1 fully saturated rings. The van der Waals surface area contributed by atoms with Gasteiger partial charge in [-0.15, -0.1) is 0 Å². The number of likely N-dealkylation sites (tertiary alicyclic amines) is 1. The highest BCUT2D eigenvalue weighted by Crippen LogP contribution is 2.38. The molecule has 1 unspecified atom stereocenters. The van der Waals surface area contributed by atoms with E-state index in [4.69, 9.17) is 9.26 Å². The molecule has 1 saturated heterocycles. The minimum absolute atomic E-state index is 0.0347. The van der Waals surface area contributed by atoms with Crippen molar-refractivity contribution < 1.29 is 19.2 Å². The number of nitrogens with zero attached hydrogens (tertiary/aromatic N) is 4. The Labute approximate surface area is 213 Å². The number of aliphatic hydroxyl groups excluding tert-OH is 1. The molecule has 0 bridgehead atoms. The summed E-state index contributed by atoms with van der Waals surface area (Å²) in [5.41, 5.74) is 4.32. The Morgan fingerprint density at radius 3 is 2.94 bits per heavy atom. The maximum atomic E-state index is 12.2. The van der Waals surface area contributed by atoms with Crippen molar-refractivity contribution in [1.82, 2.24) is 19.8 Å². The predicted molar refractivity (Wildman–Crippen MR) is 135 cm³/mol. The Balaban J connectivity index is 1.29. The molecule has 36 heavy (non-hydrogen) atoms. The summed E-state index contributed by atoms with van der Waals surface area (Å²) in [7, 11) is 0. The van der Waals surface area contributed by atoms with E-state index in [-0.39, 0.29) is 24.2 Å². The van der Waals surface area contributed by atoms with Crippen molar-refractivity contribution in [2.45, 2.75) is 44.9 Å². The lowest BCUT2D eigenvalue weighted by atomic mass is 10.0. The summed E-state index contributed by atoms with van der Waals surface area (Å²) >= 11 is 1.40. The molecule has 0 radical (unpaired) electrons. The molecule has 2 aromatic carbocycles. The number of nitriles is 1. The third kappa shape index (κ3) is 4.95. The summed E-state index contributed by atoms with van der Waals surface area (Å²) in [5.74, 6) is 1.73. The molecule has 0 saturated carbocycles. The fourth-order valence-corrected chi connectivity index (χ4v) is 5.33. The molecule has 10 heteroatoms. The average molecular weight is 506 g/mol. The normalized spacial score (nSPS) is 17.1. The molecule has 9 nitrogen and oxygen atoms in total. The maximum Gasteiger partial charge on any atom is 0.258 e. The van der Waals surface area contributed by atoms with E-state index in [1.165, 1.54) is 23.1 Å². The standard InChI is InChI=1S/C26H27N5O4S/c1-15(2)34-23-9-6-16(10-17(23)11-27)26-28-25(29-35-26)21-5-3-4-20-19(21)7-8-22(20)30-36-14-24(33)31-12-18(32)13-31/h3-6,9-10,15,18,22,30,32H,7-8,12-14H2,1-2H3. The third-order valence-electron chi connectivity index (χ3n) is 6.28. The average Bonchev–Trinajstić information content (AvgIpc) is 3.50. The number of hydrogen-bond donors (Lipinski definition) is 2. The van der Waals surface area contributed by atoms with Crippen molar-refractivity contribution in [3.8, 4) is 34.7 Å². The van der Waals surface area contributed by atoms with Crippen molar-refractivity contribution in [2.24, 2.45) is 0 Å². The molecule has 1 aromatic heterocycles. The van der Waals surface area contributed by atoms with Crippen molar-refractivity contribution in [2.75, 3.05) is 18.8 Å². The first-order valence-corrected chi connectivity index (χ1v) is 12.9. The van der Waals surface area contributed by atoms with E-state index in [2.05, 4.69) is 27.0 Å². The molecule has 186 valence electrons. The van der Waals surface area contributed by atoms with Gasteiger partial charge in [-0.1, -0.05) is 35.3 Å². The Bertz CT molecular complexity index is 1310. The number of nitrogens with one attached hydrogen (secondary N) is 1.